The molecule has 1 aliphatic rings. The summed E-state index contributed by atoms with van der Waals surface area (Å²) >= 11 is 0. The molecule has 3 nitrogen and oxygen atoms in total. The molecule has 0 atom stereocenters. The number of pyridine rings is 1. The summed E-state index contributed by atoms with van der Waals surface area (Å²) in [5.41, 5.74) is 2.46. The van der Waals surface area contributed by atoms with E-state index in [-0.39, 0.29) is 11.4 Å². The second kappa shape index (κ2) is 2.80. The lowest BCUT2D eigenvalue weighted by atomic mass is 9.87. The average Bonchev–Trinajstić information content (AvgIpc) is 2.46. The topological polar surface area (TPSA) is 39.2 Å². The molecule has 74 valence electrons. The Morgan fingerprint density at radius 3 is 2.79 bits per heavy atom. The highest BCUT2D eigenvalue weighted by molar-refractivity contribution is 5.92. The van der Waals surface area contributed by atoms with Crippen molar-refractivity contribution in [2.45, 2.75) is 32.8 Å². The van der Waals surface area contributed by atoms with E-state index in [1.54, 1.807) is 0 Å². The molecule has 0 fully saturated rings. The first kappa shape index (κ1) is 9.19. The lowest BCUT2D eigenvalue weighted by molar-refractivity contribution is 0.0533. The van der Waals surface area contributed by atoms with Crippen molar-refractivity contribution in [1.29, 1.82) is 0 Å². The van der Waals surface area contributed by atoms with Gasteiger partial charge < -0.3 is 4.74 Å². The van der Waals surface area contributed by atoms with Crippen LogP contribution in [0.2, 0.25) is 0 Å². The number of fused-ring (bicyclic) bond motifs is 1. The van der Waals surface area contributed by atoms with Crippen molar-refractivity contribution in [3.05, 3.63) is 29.1 Å². The minimum Gasteiger partial charge on any atom is -0.456 e. The number of rotatable bonds is 0. The van der Waals surface area contributed by atoms with Crippen LogP contribution in [-0.2, 0) is 16.8 Å². The highest BCUT2D eigenvalue weighted by Gasteiger charge is 2.25. The molecule has 0 unspecified atom stereocenters. The van der Waals surface area contributed by atoms with Gasteiger partial charge in [0.05, 0.1) is 11.3 Å². The molecular weight excluding hydrogens is 178 g/mol. The molecule has 1 aromatic heterocycles. The summed E-state index contributed by atoms with van der Waals surface area (Å²) in [6, 6.07) is 1.89. The SMILES string of the molecule is CC(C)(C)c1cnc2c(c1)C(=O)OC2. The van der Waals surface area contributed by atoms with Gasteiger partial charge in [-0.3, -0.25) is 4.98 Å². The third-order valence-corrected chi connectivity index (χ3v) is 2.40. The van der Waals surface area contributed by atoms with Crippen LogP contribution in [0.5, 0.6) is 0 Å². The Labute approximate surface area is 83.1 Å². The number of hydrogen-bond acceptors (Lipinski definition) is 3. The lowest BCUT2D eigenvalue weighted by Crippen LogP contribution is -2.12. The Hall–Kier alpha value is -1.38. The number of hydrogen-bond donors (Lipinski definition) is 0. The smallest absolute Gasteiger partial charge is 0.340 e. The molecule has 0 saturated heterocycles. The van der Waals surface area contributed by atoms with E-state index >= 15 is 0 Å². The van der Waals surface area contributed by atoms with E-state index in [4.69, 9.17) is 4.74 Å². The van der Waals surface area contributed by atoms with Crippen LogP contribution in [0.1, 0.15) is 42.4 Å². The monoisotopic (exact) mass is 191 g/mol. The van der Waals surface area contributed by atoms with Crippen molar-refractivity contribution in [1.82, 2.24) is 4.98 Å². The summed E-state index contributed by atoms with van der Waals surface area (Å²) in [7, 11) is 0. The van der Waals surface area contributed by atoms with Gasteiger partial charge in [-0.25, -0.2) is 4.79 Å². The van der Waals surface area contributed by atoms with Crippen molar-refractivity contribution in [3.63, 3.8) is 0 Å². The van der Waals surface area contributed by atoms with E-state index in [1.807, 2.05) is 12.3 Å². The number of esters is 1. The van der Waals surface area contributed by atoms with Gasteiger partial charge in [0, 0.05) is 6.20 Å². The zero-order valence-electron chi connectivity index (χ0n) is 8.63. The summed E-state index contributed by atoms with van der Waals surface area (Å²) in [5.74, 6) is -0.251. The second-order valence-electron chi connectivity index (χ2n) is 4.54. The largest absolute Gasteiger partial charge is 0.456 e. The molecule has 0 amide bonds. The number of carbonyl (C=O) groups is 1. The maximum atomic E-state index is 11.3. The average molecular weight is 191 g/mol. The van der Waals surface area contributed by atoms with Crippen molar-refractivity contribution in [2.75, 3.05) is 0 Å². The highest BCUT2D eigenvalue weighted by Crippen LogP contribution is 2.26. The van der Waals surface area contributed by atoms with Gasteiger partial charge in [0.15, 0.2) is 0 Å². The molecule has 0 N–H and O–H groups in total. The van der Waals surface area contributed by atoms with E-state index in [0.29, 0.717) is 12.2 Å². The van der Waals surface area contributed by atoms with E-state index in [9.17, 15) is 4.79 Å². The molecule has 1 aliphatic heterocycles. The summed E-state index contributed by atoms with van der Waals surface area (Å²) in [4.78, 5) is 15.5. The van der Waals surface area contributed by atoms with E-state index in [0.717, 1.165) is 11.3 Å². The van der Waals surface area contributed by atoms with Crippen molar-refractivity contribution in [3.8, 4) is 0 Å². The van der Waals surface area contributed by atoms with Crippen LogP contribution < -0.4 is 0 Å². The lowest BCUT2D eigenvalue weighted by Gasteiger charge is -2.18. The van der Waals surface area contributed by atoms with E-state index in [1.165, 1.54) is 0 Å². The Morgan fingerprint density at radius 2 is 2.14 bits per heavy atom. The van der Waals surface area contributed by atoms with E-state index in [2.05, 4.69) is 25.8 Å². The predicted octanol–water partition coefficient (Wildman–Crippen LogP) is 2.05. The van der Waals surface area contributed by atoms with E-state index < -0.39 is 0 Å². The van der Waals surface area contributed by atoms with Crippen molar-refractivity contribution >= 4 is 5.97 Å². The van der Waals surface area contributed by atoms with Gasteiger partial charge in [-0.05, 0) is 17.0 Å². The molecule has 0 bridgehead atoms. The first-order chi connectivity index (χ1) is 6.48. The van der Waals surface area contributed by atoms with Crippen molar-refractivity contribution in [2.24, 2.45) is 0 Å². The third kappa shape index (κ3) is 1.39. The maximum Gasteiger partial charge on any atom is 0.340 e. The molecule has 0 radical (unpaired) electrons. The summed E-state index contributed by atoms with van der Waals surface area (Å²) < 4.78 is 4.89. The fraction of sp³-hybridized carbons (Fsp3) is 0.455. The molecule has 0 aliphatic carbocycles. The molecule has 2 heterocycles. The van der Waals surface area contributed by atoms with Gasteiger partial charge in [-0.15, -0.1) is 0 Å². The minimum absolute atomic E-state index is 0.0188. The Bertz CT molecular complexity index is 391. The second-order valence-corrected chi connectivity index (χ2v) is 4.54. The molecule has 0 aromatic carbocycles. The van der Waals surface area contributed by atoms with Gasteiger partial charge in [0.2, 0.25) is 0 Å². The highest BCUT2D eigenvalue weighted by atomic mass is 16.5. The zero-order valence-corrected chi connectivity index (χ0v) is 8.63. The van der Waals surface area contributed by atoms with Gasteiger partial charge in [-0.1, -0.05) is 20.8 Å². The maximum absolute atomic E-state index is 11.3. The van der Waals surface area contributed by atoms with Crippen LogP contribution in [0, 0.1) is 0 Å². The number of ether oxygens (including phenoxy) is 1. The fourth-order valence-corrected chi connectivity index (χ4v) is 1.41. The Balaban J connectivity index is 2.50. The molecular formula is C11H13NO2. The normalized spacial score (nSPS) is 15.2. The van der Waals surface area contributed by atoms with Crippen LogP contribution in [-0.4, -0.2) is 11.0 Å². The number of cyclic esters (lactones) is 1. The first-order valence-corrected chi connectivity index (χ1v) is 4.65. The molecule has 14 heavy (non-hydrogen) atoms. The van der Waals surface area contributed by atoms with Crippen LogP contribution in [0.4, 0.5) is 0 Å². The summed E-state index contributed by atoms with van der Waals surface area (Å²) in [6.45, 7) is 6.60. The molecule has 0 saturated carbocycles. The van der Waals surface area contributed by atoms with Gasteiger partial charge in [-0.2, -0.15) is 0 Å². The standard InChI is InChI=1S/C11H13NO2/c1-11(2,3)7-4-8-9(12-5-7)6-14-10(8)13/h4-5H,6H2,1-3H3. The van der Waals surface area contributed by atoms with Crippen LogP contribution >= 0.6 is 0 Å². The summed E-state index contributed by atoms with van der Waals surface area (Å²) in [5, 5.41) is 0. The molecule has 1 aromatic rings. The fourth-order valence-electron chi connectivity index (χ4n) is 1.41. The number of carbonyl (C=O) groups excluding carboxylic acids is 1. The molecule has 3 heteroatoms. The predicted molar refractivity (Wildman–Crippen MR) is 52.1 cm³/mol. The van der Waals surface area contributed by atoms with Gasteiger partial charge in [0.1, 0.15) is 6.61 Å². The minimum atomic E-state index is -0.251. The zero-order chi connectivity index (χ0) is 10.3. The third-order valence-electron chi connectivity index (χ3n) is 2.40. The van der Waals surface area contributed by atoms with Crippen LogP contribution in [0.15, 0.2) is 12.3 Å². The quantitative estimate of drug-likeness (QED) is 0.589. The van der Waals surface area contributed by atoms with Crippen LogP contribution in [0.3, 0.4) is 0 Å². The number of nitrogens with zero attached hydrogens (tertiary/aromatic N) is 1. The van der Waals surface area contributed by atoms with Gasteiger partial charge >= 0.3 is 5.97 Å². The van der Waals surface area contributed by atoms with Crippen molar-refractivity contribution < 1.29 is 9.53 Å². The first-order valence-electron chi connectivity index (χ1n) is 4.65. The Morgan fingerprint density at radius 1 is 1.43 bits per heavy atom. The van der Waals surface area contributed by atoms with Crippen LogP contribution in [0.25, 0.3) is 0 Å². The molecule has 0 spiro atoms. The Kier molecular flexibility index (Phi) is 1.84. The molecule has 2 rings (SSSR count). The van der Waals surface area contributed by atoms with Gasteiger partial charge in [0.25, 0.3) is 0 Å². The summed E-state index contributed by atoms with van der Waals surface area (Å²) in [6.07, 6.45) is 1.82. The number of aromatic nitrogens is 1.